The molecule has 0 amide bonds. The smallest absolute Gasteiger partial charge is 0.261 e. The number of hydrogen-bond donors (Lipinski definition) is 1. The van der Waals surface area contributed by atoms with Crippen LogP contribution in [0.1, 0.15) is 0 Å². The summed E-state index contributed by atoms with van der Waals surface area (Å²) < 4.78 is 41.3. The molecule has 0 radical (unpaired) electrons. The summed E-state index contributed by atoms with van der Waals surface area (Å²) in [5.74, 6) is -0.560. The van der Waals surface area contributed by atoms with Crippen LogP contribution in [0.5, 0.6) is 0 Å². The van der Waals surface area contributed by atoms with E-state index in [2.05, 4.69) is 4.72 Å². The van der Waals surface area contributed by atoms with Gasteiger partial charge in [-0.1, -0.05) is 54.1 Å². The highest BCUT2D eigenvalue weighted by Gasteiger charge is 2.16. The lowest BCUT2D eigenvalue weighted by atomic mass is 10.0. The number of para-hydroxylation sites is 1. The lowest BCUT2D eigenvalue weighted by Gasteiger charge is -2.13. The molecule has 122 valence electrons. The summed E-state index contributed by atoms with van der Waals surface area (Å²) >= 11 is 5.71. The van der Waals surface area contributed by atoms with Crippen molar-refractivity contribution in [2.75, 3.05) is 4.72 Å². The lowest BCUT2D eigenvalue weighted by molar-refractivity contribution is 0.601. The number of anilines is 1. The third kappa shape index (κ3) is 3.42. The van der Waals surface area contributed by atoms with Gasteiger partial charge in [-0.2, -0.15) is 0 Å². The third-order valence-electron chi connectivity index (χ3n) is 3.46. The van der Waals surface area contributed by atoms with Gasteiger partial charge >= 0.3 is 0 Å². The highest BCUT2D eigenvalue weighted by atomic mass is 35.5. The van der Waals surface area contributed by atoms with E-state index in [1.165, 1.54) is 24.3 Å². The zero-order valence-electron chi connectivity index (χ0n) is 12.4. The molecule has 0 saturated heterocycles. The predicted octanol–water partition coefficient (Wildman–Crippen LogP) is 4.95. The van der Waals surface area contributed by atoms with Crippen LogP contribution in [0.2, 0.25) is 5.02 Å². The molecule has 0 aliphatic carbocycles. The zero-order chi connectivity index (χ0) is 17.2. The molecule has 0 unspecified atom stereocenters. The van der Waals surface area contributed by atoms with Gasteiger partial charge in [0.15, 0.2) is 0 Å². The quantitative estimate of drug-likeness (QED) is 0.714. The minimum Gasteiger partial charge on any atom is -0.279 e. The van der Waals surface area contributed by atoms with E-state index in [9.17, 15) is 12.8 Å². The van der Waals surface area contributed by atoms with Crippen molar-refractivity contribution in [3.8, 4) is 11.1 Å². The third-order valence-corrected chi connectivity index (χ3v) is 5.14. The van der Waals surface area contributed by atoms with Gasteiger partial charge < -0.3 is 0 Å². The number of sulfonamides is 1. The molecule has 0 spiro atoms. The summed E-state index contributed by atoms with van der Waals surface area (Å²) in [6, 6.07) is 19.2. The molecule has 3 nitrogen and oxygen atoms in total. The lowest BCUT2D eigenvalue weighted by Crippen LogP contribution is -2.13. The van der Waals surface area contributed by atoms with Crippen LogP contribution in [0.3, 0.4) is 0 Å². The van der Waals surface area contributed by atoms with Gasteiger partial charge in [-0.05, 0) is 35.9 Å². The normalized spacial score (nSPS) is 11.2. The molecule has 0 aliphatic rings. The van der Waals surface area contributed by atoms with Crippen LogP contribution in [0, 0.1) is 5.82 Å². The predicted molar refractivity (Wildman–Crippen MR) is 94.1 cm³/mol. The molecule has 0 bridgehead atoms. The van der Waals surface area contributed by atoms with Gasteiger partial charge in [-0.3, -0.25) is 4.72 Å². The number of nitrogens with one attached hydrogen (secondary N) is 1. The van der Waals surface area contributed by atoms with E-state index < -0.39 is 15.8 Å². The fourth-order valence-electron chi connectivity index (χ4n) is 2.29. The topological polar surface area (TPSA) is 46.2 Å². The maximum absolute atomic E-state index is 13.7. The molecule has 0 atom stereocenters. The molecule has 0 aliphatic heterocycles. The van der Waals surface area contributed by atoms with Crippen LogP contribution in [-0.2, 0) is 10.0 Å². The van der Waals surface area contributed by atoms with Crippen LogP contribution in [0.4, 0.5) is 10.1 Å². The molecule has 3 rings (SSSR count). The molecular weight excluding hydrogens is 349 g/mol. The van der Waals surface area contributed by atoms with Gasteiger partial charge in [0.2, 0.25) is 0 Å². The van der Waals surface area contributed by atoms with E-state index in [0.717, 1.165) is 0 Å². The molecular formula is C18H13ClFNO2S. The summed E-state index contributed by atoms with van der Waals surface area (Å²) in [6.45, 7) is 0. The van der Waals surface area contributed by atoms with Gasteiger partial charge in [0.1, 0.15) is 5.82 Å². The molecule has 3 aromatic rings. The monoisotopic (exact) mass is 361 g/mol. The first-order valence-corrected chi connectivity index (χ1v) is 8.96. The van der Waals surface area contributed by atoms with Crippen molar-refractivity contribution >= 4 is 27.3 Å². The van der Waals surface area contributed by atoms with Crippen LogP contribution in [0.25, 0.3) is 11.1 Å². The Labute approximate surface area is 144 Å². The second kappa shape index (κ2) is 6.63. The molecule has 6 heteroatoms. The highest BCUT2D eigenvalue weighted by molar-refractivity contribution is 7.92. The van der Waals surface area contributed by atoms with Gasteiger partial charge in [0, 0.05) is 5.56 Å². The van der Waals surface area contributed by atoms with Crippen molar-refractivity contribution < 1.29 is 12.8 Å². The Bertz CT molecular complexity index is 975. The minimum absolute atomic E-state index is 0.0149. The van der Waals surface area contributed by atoms with E-state index in [-0.39, 0.29) is 9.92 Å². The Balaban J connectivity index is 2.03. The summed E-state index contributed by atoms with van der Waals surface area (Å²) in [5, 5.41) is 0.0149. The van der Waals surface area contributed by atoms with Crippen LogP contribution in [0.15, 0.2) is 77.7 Å². The van der Waals surface area contributed by atoms with E-state index >= 15 is 0 Å². The van der Waals surface area contributed by atoms with Crippen LogP contribution in [-0.4, -0.2) is 8.42 Å². The van der Waals surface area contributed by atoms with Crippen molar-refractivity contribution in [3.05, 3.63) is 83.6 Å². The van der Waals surface area contributed by atoms with Gasteiger partial charge in [-0.15, -0.1) is 0 Å². The Morgan fingerprint density at radius 3 is 2.25 bits per heavy atom. The molecule has 0 saturated carbocycles. The van der Waals surface area contributed by atoms with E-state index in [1.54, 1.807) is 48.5 Å². The second-order valence-corrected chi connectivity index (χ2v) is 7.18. The second-order valence-electron chi connectivity index (χ2n) is 5.09. The maximum atomic E-state index is 13.7. The Morgan fingerprint density at radius 2 is 1.54 bits per heavy atom. The number of halogens is 2. The summed E-state index contributed by atoms with van der Waals surface area (Å²) in [7, 11) is -3.73. The number of benzene rings is 3. The molecule has 0 fully saturated rings. The highest BCUT2D eigenvalue weighted by Crippen LogP contribution is 2.31. The van der Waals surface area contributed by atoms with Gasteiger partial charge in [0.05, 0.1) is 15.6 Å². The van der Waals surface area contributed by atoms with Crippen molar-refractivity contribution in [2.24, 2.45) is 0 Å². The standard InChI is InChI=1S/C18H13ClFNO2S/c19-16-11-10-13(12-17(16)20)15-8-4-5-9-18(15)21-24(22,23)14-6-2-1-3-7-14/h1-12,21H. The largest absolute Gasteiger partial charge is 0.279 e. The minimum atomic E-state index is -3.73. The van der Waals surface area contributed by atoms with Crippen molar-refractivity contribution in [2.45, 2.75) is 4.90 Å². The van der Waals surface area contributed by atoms with Gasteiger partial charge in [-0.25, -0.2) is 12.8 Å². The van der Waals surface area contributed by atoms with E-state index in [0.29, 0.717) is 16.8 Å². The van der Waals surface area contributed by atoms with Crippen molar-refractivity contribution in [3.63, 3.8) is 0 Å². The summed E-state index contributed by atoms with van der Waals surface area (Å²) in [6.07, 6.45) is 0. The van der Waals surface area contributed by atoms with Crippen molar-refractivity contribution in [1.29, 1.82) is 0 Å². The summed E-state index contributed by atoms with van der Waals surface area (Å²) in [4.78, 5) is 0.155. The first-order chi connectivity index (χ1) is 11.5. The molecule has 1 N–H and O–H groups in total. The van der Waals surface area contributed by atoms with E-state index in [4.69, 9.17) is 11.6 Å². The van der Waals surface area contributed by atoms with Crippen molar-refractivity contribution in [1.82, 2.24) is 0 Å². The Kier molecular flexibility index (Phi) is 4.55. The molecule has 0 aromatic heterocycles. The molecule has 3 aromatic carbocycles. The first kappa shape index (κ1) is 16.5. The Hall–Kier alpha value is -2.37. The first-order valence-electron chi connectivity index (χ1n) is 7.10. The Morgan fingerprint density at radius 1 is 0.875 bits per heavy atom. The molecule has 24 heavy (non-hydrogen) atoms. The van der Waals surface area contributed by atoms with E-state index in [1.807, 2.05) is 0 Å². The maximum Gasteiger partial charge on any atom is 0.261 e. The zero-order valence-corrected chi connectivity index (χ0v) is 14.0. The summed E-state index contributed by atoms with van der Waals surface area (Å²) in [5.41, 5.74) is 1.46. The van der Waals surface area contributed by atoms with Crippen LogP contribution >= 0.6 is 11.6 Å². The SMILES string of the molecule is O=S(=O)(Nc1ccccc1-c1ccc(Cl)c(F)c1)c1ccccc1. The fourth-order valence-corrected chi connectivity index (χ4v) is 3.51. The van der Waals surface area contributed by atoms with Crippen LogP contribution < -0.4 is 4.72 Å². The average molecular weight is 362 g/mol. The van der Waals surface area contributed by atoms with Gasteiger partial charge in [0.25, 0.3) is 10.0 Å². The molecule has 0 heterocycles. The average Bonchev–Trinajstić information content (AvgIpc) is 2.58. The fraction of sp³-hybridized carbons (Fsp3) is 0. The number of rotatable bonds is 4. The number of hydrogen-bond acceptors (Lipinski definition) is 2.